The fourth-order valence-corrected chi connectivity index (χ4v) is 3.95. The van der Waals surface area contributed by atoms with Crippen LogP contribution in [0.5, 0.6) is 0 Å². The Morgan fingerprint density at radius 2 is 2.26 bits per heavy atom. The number of rotatable bonds is 6. The van der Waals surface area contributed by atoms with Crippen molar-refractivity contribution in [3.8, 4) is 11.4 Å². The number of thioether (sulfide) groups is 1. The SMILES string of the molecule is CCSc1nnc(Cc2cc([N+](=O)[O-])ccc2-c2ncc[nH]2)s1. The topological polar surface area (TPSA) is 97.6 Å². The van der Waals surface area contributed by atoms with Gasteiger partial charge in [0.25, 0.3) is 5.69 Å². The summed E-state index contributed by atoms with van der Waals surface area (Å²) in [5.74, 6) is 1.62. The van der Waals surface area contributed by atoms with E-state index in [1.54, 1.807) is 36.3 Å². The maximum atomic E-state index is 11.0. The molecule has 0 saturated carbocycles. The van der Waals surface area contributed by atoms with Gasteiger partial charge >= 0.3 is 0 Å². The third-order valence-electron chi connectivity index (χ3n) is 3.11. The Labute approximate surface area is 140 Å². The van der Waals surface area contributed by atoms with Crippen molar-refractivity contribution >= 4 is 28.8 Å². The second-order valence-electron chi connectivity index (χ2n) is 4.61. The predicted molar refractivity (Wildman–Crippen MR) is 89.8 cm³/mol. The van der Waals surface area contributed by atoms with Crippen LogP contribution in [0, 0.1) is 10.1 Å². The van der Waals surface area contributed by atoms with E-state index >= 15 is 0 Å². The molecule has 3 aromatic rings. The third-order valence-corrected chi connectivity index (χ3v) is 5.05. The van der Waals surface area contributed by atoms with Crippen LogP contribution in [-0.4, -0.2) is 30.8 Å². The second-order valence-corrected chi connectivity index (χ2v) is 7.18. The van der Waals surface area contributed by atoms with Gasteiger partial charge in [0.15, 0.2) is 4.34 Å². The van der Waals surface area contributed by atoms with Gasteiger partial charge in [0.1, 0.15) is 10.8 Å². The summed E-state index contributed by atoms with van der Waals surface area (Å²) in [6, 6.07) is 4.78. The maximum Gasteiger partial charge on any atom is 0.269 e. The van der Waals surface area contributed by atoms with E-state index in [2.05, 4.69) is 27.1 Å². The molecule has 23 heavy (non-hydrogen) atoms. The van der Waals surface area contributed by atoms with E-state index in [0.29, 0.717) is 12.2 Å². The molecule has 0 bridgehead atoms. The molecule has 0 saturated heterocycles. The zero-order chi connectivity index (χ0) is 16.2. The Morgan fingerprint density at radius 3 is 2.96 bits per heavy atom. The Balaban J connectivity index is 1.97. The van der Waals surface area contributed by atoms with E-state index in [1.165, 1.54) is 17.4 Å². The van der Waals surface area contributed by atoms with Gasteiger partial charge < -0.3 is 4.98 Å². The van der Waals surface area contributed by atoms with Crippen LogP contribution in [-0.2, 0) is 6.42 Å². The minimum Gasteiger partial charge on any atom is -0.345 e. The van der Waals surface area contributed by atoms with Crippen LogP contribution in [0.2, 0.25) is 0 Å². The first-order chi connectivity index (χ1) is 11.2. The van der Waals surface area contributed by atoms with Gasteiger partial charge in [0.05, 0.1) is 4.92 Å². The monoisotopic (exact) mass is 347 g/mol. The summed E-state index contributed by atoms with van der Waals surface area (Å²) in [7, 11) is 0. The lowest BCUT2D eigenvalue weighted by Gasteiger charge is -2.05. The average Bonchev–Trinajstić information content (AvgIpc) is 3.19. The number of nitro groups is 1. The molecule has 0 atom stereocenters. The zero-order valence-electron chi connectivity index (χ0n) is 12.2. The normalized spacial score (nSPS) is 10.8. The van der Waals surface area contributed by atoms with Gasteiger partial charge in [0.2, 0.25) is 0 Å². The summed E-state index contributed by atoms with van der Waals surface area (Å²) in [6.07, 6.45) is 3.86. The van der Waals surface area contributed by atoms with Crippen LogP contribution in [0.3, 0.4) is 0 Å². The molecule has 118 valence electrons. The van der Waals surface area contributed by atoms with Gasteiger partial charge in [-0.25, -0.2) is 4.98 Å². The van der Waals surface area contributed by atoms with E-state index in [9.17, 15) is 10.1 Å². The van der Waals surface area contributed by atoms with Gasteiger partial charge in [-0.3, -0.25) is 10.1 Å². The lowest BCUT2D eigenvalue weighted by atomic mass is 10.0. The molecule has 0 aliphatic carbocycles. The van der Waals surface area contributed by atoms with Crippen LogP contribution in [0.4, 0.5) is 5.69 Å². The van der Waals surface area contributed by atoms with Gasteiger partial charge in [-0.05, 0) is 17.4 Å². The summed E-state index contributed by atoms with van der Waals surface area (Å²) < 4.78 is 0.910. The number of H-pyrrole nitrogens is 1. The van der Waals surface area contributed by atoms with Crippen molar-refractivity contribution in [3.05, 3.63) is 51.3 Å². The van der Waals surface area contributed by atoms with Crippen molar-refractivity contribution < 1.29 is 4.92 Å². The van der Waals surface area contributed by atoms with Gasteiger partial charge in [-0.15, -0.1) is 10.2 Å². The zero-order valence-corrected chi connectivity index (χ0v) is 13.9. The van der Waals surface area contributed by atoms with Crippen LogP contribution in [0.25, 0.3) is 11.4 Å². The third kappa shape index (κ3) is 3.57. The van der Waals surface area contributed by atoms with Gasteiger partial charge in [0, 0.05) is 36.5 Å². The molecule has 2 aromatic heterocycles. The minimum absolute atomic E-state index is 0.0583. The standard InChI is InChI=1S/C14H13N5O2S2/c1-2-22-14-18-17-12(23-14)8-9-7-10(19(20)21)3-4-11(9)13-15-5-6-16-13/h3-7H,2,8H2,1H3,(H,15,16). The summed E-state index contributed by atoms with van der Waals surface area (Å²) in [4.78, 5) is 17.9. The quantitative estimate of drug-likeness (QED) is 0.416. The molecule has 0 fully saturated rings. The van der Waals surface area contributed by atoms with E-state index in [0.717, 1.165) is 26.2 Å². The molecule has 1 aromatic carbocycles. The van der Waals surface area contributed by atoms with Crippen LogP contribution in [0.15, 0.2) is 34.9 Å². The van der Waals surface area contributed by atoms with E-state index in [4.69, 9.17) is 0 Å². The highest BCUT2D eigenvalue weighted by Gasteiger charge is 2.16. The average molecular weight is 347 g/mol. The molecule has 7 nitrogen and oxygen atoms in total. The Morgan fingerprint density at radius 1 is 1.39 bits per heavy atom. The number of imidazole rings is 1. The highest BCUT2D eigenvalue weighted by molar-refractivity contribution is 8.00. The fraction of sp³-hybridized carbons (Fsp3) is 0.214. The molecule has 1 N–H and O–H groups in total. The molecule has 0 unspecified atom stereocenters. The molecule has 0 spiro atoms. The predicted octanol–water partition coefficient (Wildman–Crippen LogP) is 3.54. The number of aromatic amines is 1. The largest absolute Gasteiger partial charge is 0.345 e. The number of hydrogen-bond acceptors (Lipinski definition) is 7. The van der Waals surface area contributed by atoms with E-state index in [1.807, 2.05) is 0 Å². The van der Waals surface area contributed by atoms with Crippen molar-refractivity contribution in [1.82, 2.24) is 20.2 Å². The molecule has 0 aliphatic rings. The Kier molecular flexibility index (Phi) is 4.68. The fourth-order valence-electron chi connectivity index (χ4n) is 2.14. The van der Waals surface area contributed by atoms with Crippen molar-refractivity contribution in [2.24, 2.45) is 0 Å². The minimum atomic E-state index is -0.395. The number of nitrogens with zero attached hydrogens (tertiary/aromatic N) is 4. The first kappa shape index (κ1) is 15.6. The first-order valence-corrected chi connectivity index (χ1v) is 8.70. The molecule has 2 heterocycles. The summed E-state index contributed by atoms with van der Waals surface area (Å²) in [5, 5.41) is 20.2. The first-order valence-electron chi connectivity index (χ1n) is 6.89. The van der Waals surface area contributed by atoms with E-state index < -0.39 is 4.92 Å². The molecule has 0 radical (unpaired) electrons. The van der Waals surface area contributed by atoms with Crippen molar-refractivity contribution in [2.75, 3.05) is 5.75 Å². The summed E-state index contributed by atoms with van der Waals surface area (Å²) >= 11 is 3.15. The van der Waals surface area contributed by atoms with Crippen LogP contribution in [0.1, 0.15) is 17.5 Å². The van der Waals surface area contributed by atoms with Crippen molar-refractivity contribution in [2.45, 2.75) is 17.7 Å². The van der Waals surface area contributed by atoms with Crippen molar-refractivity contribution in [1.29, 1.82) is 0 Å². The lowest BCUT2D eigenvalue weighted by molar-refractivity contribution is -0.384. The smallest absolute Gasteiger partial charge is 0.269 e. The number of nitrogens with one attached hydrogen (secondary N) is 1. The van der Waals surface area contributed by atoms with Crippen LogP contribution >= 0.6 is 23.1 Å². The molecular weight excluding hydrogens is 334 g/mol. The molecule has 3 rings (SSSR count). The highest BCUT2D eigenvalue weighted by Crippen LogP contribution is 2.29. The summed E-state index contributed by atoms with van der Waals surface area (Å²) in [6.45, 7) is 2.06. The number of nitro benzene ring substituents is 1. The molecule has 0 aliphatic heterocycles. The Hall–Kier alpha value is -2.26. The molecule has 0 amide bonds. The number of hydrogen-bond donors (Lipinski definition) is 1. The molecular formula is C14H13N5O2S2. The van der Waals surface area contributed by atoms with Gasteiger partial charge in [-0.2, -0.15) is 0 Å². The second kappa shape index (κ2) is 6.88. The number of benzene rings is 1. The number of aromatic nitrogens is 4. The van der Waals surface area contributed by atoms with Crippen LogP contribution < -0.4 is 0 Å². The summed E-state index contributed by atoms with van der Waals surface area (Å²) in [5.41, 5.74) is 1.70. The maximum absolute atomic E-state index is 11.0. The lowest BCUT2D eigenvalue weighted by Crippen LogP contribution is -1.96. The number of non-ortho nitro benzene ring substituents is 1. The molecule has 9 heteroatoms. The Bertz CT molecular complexity index is 816. The van der Waals surface area contributed by atoms with Gasteiger partial charge in [-0.1, -0.05) is 30.0 Å². The van der Waals surface area contributed by atoms with Crippen molar-refractivity contribution in [3.63, 3.8) is 0 Å². The van der Waals surface area contributed by atoms with E-state index in [-0.39, 0.29) is 5.69 Å². The highest BCUT2D eigenvalue weighted by atomic mass is 32.2.